The van der Waals surface area contributed by atoms with Crippen LogP contribution in [0.15, 0.2) is 65.6 Å². The third kappa shape index (κ3) is 6.26. The molecule has 3 aromatic rings. The summed E-state index contributed by atoms with van der Waals surface area (Å²) in [5.41, 5.74) is 6.47. The van der Waals surface area contributed by atoms with E-state index in [1.54, 1.807) is 11.0 Å². The zero-order chi connectivity index (χ0) is 25.4. The number of benzene rings is 3. The molecule has 0 spiro atoms. The van der Waals surface area contributed by atoms with Crippen LogP contribution in [0.1, 0.15) is 28.2 Å². The number of ether oxygens (including phenoxy) is 1. The van der Waals surface area contributed by atoms with E-state index in [1.807, 2.05) is 36.1 Å². The Morgan fingerprint density at radius 2 is 1.54 bits per heavy atom. The van der Waals surface area contributed by atoms with Crippen LogP contribution in [0.5, 0.6) is 0 Å². The van der Waals surface area contributed by atoms with Gasteiger partial charge in [0.15, 0.2) is 0 Å². The van der Waals surface area contributed by atoms with Gasteiger partial charge in [0, 0.05) is 42.7 Å². The van der Waals surface area contributed by atoms with Gasteiger partial charge in [-0.25, -0.2) is 4.79 Å². The van der Waals surface area contributed by atoms with Crippen LogP contribution in [0.25, 0.3) is 11.1 Å². The summed E-state index contributed by atoms with van der Waals surface area (Å²) in [6.45, 7) is -0.914. The number of halogens is 3. The minimum absolute atomic E-state index is 0. The monoisotopic (exact) mass is 550 g/mol. The summed E-state index contributed by atoms with van der Waals surface area (Å²) < 4.78 is 44.8. The quantitative estimate of drug-likeness (QED) is 0.391. The largest absolute Gasteiger partial charge is 1.00 e. The molecule has 0 N–H and O–H groups in total. The fourth-order valence-corrected chi connectivity index (χ4v) is 5.55. The molecule has 0 saturated carbocycles. The first-order valence-electron chi connectivity index (χ1n) is 12.1. The Kier molecular flexibility index (Phi) is 9.08. The number of rotatable bonds is 5. The summed E-state index contributed by atoms with van der Waals surface area (Å²) in [6, 6.07) is 19.5. The number of piperazine rings is 1. The number of thiol groups is 1. The summed E-state index contributed by atoms with van der Waals surface area (Å²) in [5, 5.41) is 0. The molecule has 0 aromatic heterocycles. The molecular formula is C27H27BF3KN2O2S. The van der Waals surface area contributed by atoms with Crippen molar-refractivity contribution >= 4 is 31.4 Å². The summed E-state index contributed by atoms with van der Waals surface area (Å²) in [4.78, 5) is 17.1. The molecule has 37 heavy (non-hydrogen) atoms. The minimum atomic E-state index is -4.93. The third-order valence-corrected chi connectivity index (χ3v) is 7.56. The number of carbonyl (C=O) groups excluding carboxylic acids is 1. The molecule has 1 fully saturated rings. The molecule has 188 valence electrons. The molecule has 0 radical (unpaired) electrons. The Hall–Kier alpha value is -1.43. The first-order valence-corrected chi connectivity index (χ1v) is 12.5. The molecule has 0 bridgehead atoms. The van der Waals surface area contributed by atoms with Crippen LogP contribution in [0.4, 0.5) is 23.4 Å². The van der Waals surface area contributed by atoms with Crippen molar-refractivity contribution in [3.8, 4) is 11.1 Å². The van der Waals surface area contributed by atoms with E-state index in [2.05, 4.69) is 36.9 Å². The van der Waals surface area contributed by atoms with Gasteiger partial charge in [-0.3, -0.25) is 0 Å². The zero-order valence-electron chi connectivity index (χ0n) is 21.0. The molecular weight excluding hydrogens is 523 g/mol. The summed E-state index contributed by atoms with van der Waals surface area (Å²) in [7, 11) is 0. The number of hydrogen-bond acceptors (Lipinski definition) is 4. The summed E-state index contributed by atoms with van der Waals surface area (Å²) >= 11 is 4.40. The average molecular weight is 550 g/mol. The number of carbonyl (C=O) groups is 1. The second-order valence-corrected chi connectivity index (χ2v) is 9.93. The Morgan fingerprint density at radius 3 is 2.11 bits per heavy atom. The van der Waals surface area contributed by atoms with Crippen LogP contribution in [-0.2, 0) is 11.1 Å². The van der Waals surface area contributed by atoms with Gasteiger partial charge >= 0.3 is 64.5 Å². The van der Waals surface area contributed by atoms with Crippen molar-refractivity contribution in [3.63, 3.8) is 0 Å². The van der Waals surface area contributed by atoms with Gasteiger partial charge < -0.3 is 27.5 Å². The van der Waals surface area contributed by atoms with Crippen LogP contribution in [-0.4, -0.2) is 50.8 Å². The van der Waals surface area contributed by atoms with E-state index in [-0.39, 0.29) is 75.6 Å². The van der Waals surface area contributed by atoms with E-state index in [0.717, 1.165) is 22.4 Å². The predicted molar refractivity (Wildman–Crippen MR) is 140 cm³/mol. The van der Waals surface area contributed by atoms with Gasteiger partial charge in [-0.2, -0.15) is 0 Å². The maximum atomic E-state index is 13.0. The van der Waals surface area contributed by atoms with Crippen molar-refractivity contribution < 1.29 is 73.9 Å². The van der Waals surface area contributed by atoms with Crippen molar-refractivity contribution in [1.82, 2.24) is 4.90 Å². The van der Waals surface area contributed by atoms with Crippen molar-refractivity contribution in [2.24, 2.45) is 0 Å². The number of fused-ring (bicyclic) bond motifs is 3. The van der Waals surface area contributed by atoms with Gasteiger partial charge in [-0.05, 0) is 46.9 Å². The SMILES string of the molecule is Cc1c(S)cc(C[B-](F)(F)F)cc1N1CCN(C(=O)OCC2c3ccccc3-c3ccccc32)CC1.[K+]. The summed E-state index contributed by atoms with van der Waals surface area (Å²) in [5.74, 6) is -0.00272. The second kappa shape index (κ2) is 11.8. The molecule has 0 atom stereocenters. The molecule has 3 aromatic carbocycles. The van der Waals surface area contributed by atoms with E-state index in [0.29, 0.717) is 31.1 Å². The molecule has 1 saturated heterocycles. The van der Waals surface area contributed by atoms with E-state index in [1.165, 1.54) is 17.2 Å². The number of anilines is 1. The molecule has 2 aliphatic rings. The van der Waals surface area contributed by atoms with E-state index in [4.69, 9.17) is 4.74 Å². The Morgan fingerprint density at radius 1 is 0.973 bits per heavy atom. The van der Waals surface area contributed by atoms with Crippen LogP contribution in [0.3, 0.4) is 0 Å². The predicted octanol–water partition coefficient (Wildman–Crippen LogP) is 3.29. The van der Waals surface area contributed by atoms with Crippen LogP contribution >= 0.6 is 12.6 Å². The third-order valence-electron chi connectivity index (χ3n) is 7.09. The minimum Gasteiger partial charge on any atom is -0.449 e. The molecule has 1 amide bonds. The van der Waals surface area contributed by atoms with Gasteiger partial charge in [0.1, 0.15) is 6.61 Å². The zero-order valence-corrected chi connectivity index (χ0v) is 25.0. The molecule has 1 aliphatic carbocycles. The fraction of sp³-hybridized carbons (Fsp3) is 0.296. The van der Waals surface area contributed by atoms with E-state index >= 15 is 0 Å². The summed E-state index contributed by atoms with van der Waals surface area (Å²) in [6.07, 6.45) is -1.29. The molecule has 10 heteroatoms. The van der Waals surface area contributed by atoms with Gasteiger partial charge in [0.25, 0.3) is 0 Å². The first-order chi connectivity index (χ1) is 17.2. The number of amides is 1. The molecule has 1 aliphatic heterocycles. The van der Waals surface area contributed by atoms with Crippen LogP contribution < -0.4 is 56.3 Å². The second-order valence-electron chi connectivity index (χ2n) is 9.45. The smallest absolute Gasteiger partial charge is 0.449 e. The number of hydrogen-bond donors (Lipinski definition) is 1. The van der Waals surface area contributed by atoms with Crippen molar-refractivity contribution in [2.75, 3.05) is 37.7 Å². The Balaban J connectivity index is 0.00000320. The molecule has 5 rings (SSSR count). The standard InChI is InChI=1S/C27H27BF3N2O2S.K/c1-18-25(14-19(15-26(18)36)16-28(29,30)31)32-10-12-33(13-11-32)27(34)35-17-24-22-8-4-2-6-20(22)21-7-3-5-9-23(21)24;/h2-9,14-15,24,36H,10-13,16-17H2,1H3;/q-1;+1. The Labute approximate surface area is 263 Å². The molecule has 4 nitrogen and oxygen atoms in total. The van der Waals surface area contributed by atoms with Crippen molar-refractivity contribution in [3.05, 3.63) is 82.9 Å². The molecule has 1 heterocycles. The van der Waals surface area contributed by atoms with E-state index < -0.39 is 13.3 Å². The van der Waals surface area contributed by atoms with Crippen LogP contribution in [0.2, 0.25) is 0 Å². The topological polar surface area (TPSA) is 32.8 Å². The maximum absolute atomic E-state index is 13.0. The Bertz CT molecular complexity index is 1250. The van der Waals surface area contributed by atoms with Gasteiger partial charge in [0.05, 0.1) is 0 Å². The van der Waals surface area contributed by atoms with Gasteiger partial charge in [-0.15, -0.1) is 12.6 Å². The van der Waals surface area contributed by atoms with E-state index in [9.17, 15) is 17.7 Å². The first kappa shape index (κ1) is 28.6. The van der Waals surface area contributed by atoms with Crippen molar-refractivity contribution in [2.45, 2.75) is 24.1 Å². The normalized spacial score (nSPS) is 15.2. The average Bonchev–Trinajstić information content (AvgIpc) is 3.17. The van der Waals surface area contributed by atoms with Crippen LogP contribution in [0, 0.1) is 6.92 Å². The number of nitrogens with zero attached hydrogens (tertiary/aromatic N) is 2. The maximum Gasteiger partial charge on any atom is 1.00 e. The van der Waals surface area contributed by atoms with Gasteiger partial charge in [0.2, 0.25) is 0 Å². The van der Waals surface area contributed by atoms with Crippen molar-refractivity contribution in [1.29, 1.82) is 0 Å². The fourth-order valence-electron chi connectivity index (χ4n) is 5.27. The van der Waals surface area contributed by atoms with Gasteiger partial charge in [-0.1, -0.05) is 60.4 Å². The molecule has 0 unspecified atom stereocenters.